The van der Waals surface area contributed by atoms with E-state index in [1.54, 1.807) is 23.5 Å². The van der Waals surface area contributed by atoms with Gasteiger partial charge in [0.15, 0.2) is 0 Å². The number of nitrogens with zero attached hydrogens (tertiary/aromatic N) is 3. The number of hydrogen-bond acceptors (Lipinski definition) is 5. The van der Waals surface area contributed by atoms with Crippen LogP contribution >= 0.6 is 11.3 Å². The largest absolute Gasteiger partial charge is 0.352 e. The summed E-state index contributed by atoms with van der Waals surface area (Å²) in [5.74, 6) is -0.374. The molecule has 4 rings (SSSR count). The minimum absolute atomic E-state index is 0.0938. The van der Waals surface area contributed by atoms with E-state index in [0.717, 1.165) is 54.6 Å². The van der Waals surface area contributed by atoms with Gasteiger partial charge >= 0.3 is 0 Å². The van der Waals surface area contributed by atoms with E-state index in [1.165, 1.54) is 17.7 Å². The zero-order valence-corrected chi connectivity index (χ0v) is 18.5. The van der Waals surface area contributed by atoms with Crippen LogP contribution in [0.2, 0.25) is 0 Å². The maximum absolute atomic E-state index is 13.0. The molecule has 7 heteroatoms. The molecule has 0 atom stereocenters. The van der Waals surface area contributed by atoms with Gasteiger partial charge in [-0.05, 0) is 30.3 Å². The quantitative estimate of drug-likeness (QED) is 0.613. The minimum Gasteiger partial charge on any atom is -0.352 e. The van der Waals surface area contributed by atoms with Gasteiger partial charge in [0.2, 0.25) is 5.91 Å². The number of likely N-dealkylation sites (N-methyl/N-ethyl adjacent to an activating group) is 1. The van der Waals surface area contributed by atoms with Crippen molar-refractivity contribution in [1.29, 1.82) is 0 Å². The fraction of sp³-hybridized carbons (Fsp3) is 0.333. The summed E-state index contributed by atoms with van der Waals surface area (Å²) in [6, 6.07) is 14.7. The molecule has 1 aliphatic heterocycles. The third kappa shape index (κ3) is 6.19. The molecule has 1 amide bonds. The molecule has 2 aromatic carbocycles. The van der Waals surface area contributed by atoms with Gasteiger partial charge in [-0.15, -0.1) is 11.3 Å². The number of aromatic nitrogens is 1. The monoisotopic (exact) mass is 438 g/mol. The highest BCUT2D eigenvalue weighted by Crippen LogP contribution is 2.24. The van der Waals surface area contributed by atoms with Crippen LogP contribution in [-0.2, 0) is 24.3 Å². The first-order chi connectivity index (χ1) is 15.0. The van der Waals surface area contributed by atoms with Gasteiger partial charge in [0, 0.05) is 50.2 Å². The number of hydrogen-bond donors (Lipinski definition) is 1. The van der Waals surface area contributed by atoms with Gasteiger partial charge in [-0.25, -0.2) is 9.37 Å². The van der Waals surface area contributed by atoms with Crippen LogP contribution in [0.15, 0.2) is 53.9 Å². The van der Waals surface area contributed by atoms with Crippen molar-refractivity contribution in [3.63, 3.8) is 0 Å². The zero-order valence-electron chi connectivity index (χ0n) is 17.7. The SMILES string of the molecule is CN1CCN(Cc2ccc(-c3nc(CC(=O)NCc4ccc(F)cc4)cs3)cc2)CC1. The van der Waals surface area contributed by atoms with Gasteiger partial charge in [0.25, 0.3) is 0 Å². The number of benzene rings is 2. The van der Waals surface area contributed by atoms with E-state index in [2.05, 4.69) is 51.4 Å². The van der Waals surface area contributed by atoms with Gasteiger partial charge in [-0.1, -0.05) is 36.4 Å². The summed E-state index contributed by atoms with van der Waals surface area (Å²) in [6.07, 6.45) is 0.235. The summed E-state index contributed by atoms with van der Waals surface area (Å²) in [7, 11) is 2.17. The smallest absolute Gasteiger partial charge is 0.226 e. The minimum atomic E-state index is -0.280. The van der Waals surface area contributed by atoms with Crippen LogP contribution in [0.25, 0.3) is 10.6 Å². The Bertz CT molecular complexity index is 995. The van der Waals surface area contributed by atoms with E-state index in [-0.39, 0.29) is 18.1 Å². The Balaban J connectivity index is 1.28. The molecule has 1 aliphatic rings. The van der Waals surface area contributed by atoms with Crippen LogP contribution in [0.1, 0.15) is 16.8 Å². The van der Waals surface area contributed by atoms with Crippen molar-refractivity contribution in [2.75, 3.05) is 33.2 Å². The van der Waals surface area contributed by atoms with E-state index in [1.807, 2.05) is 5.38 Å². The van der Waals surface area contributed by atoms with Gasteiger partial charge < -0.3 is 10.2 Å². The maximum atomic E-state index is 13.0. The molecule has 0 bridgehead atoms. The molecule has 0 radical (unpaired) electrons. The molecule has 1 aromatic heterocycles. The van der Waals surface area contributed by atoms with Crippen molar-refractivity contribution in [3.8, 4) is 10.6 Å². The Labute approximate surface area is 186 Å². The van der Waals surface area contributed by atoms with Crippen LogP contribution in [0.3, 0.4) is 0 Å². The average molecular weight is 439 g/mol. The van der Waals surface area contributed by atoms with Crippen LogP contribution in [-0.4, -0.2) is 53.9 Å². The molecule has 1 N–H and O–H groups in total. The Morgan fingerprint density at radius 1 is 1.03 bits per heavy atom. The van der Waals surface area contributed by atoms with E-state index >= 15 is 0 Å². The lowest BCUT2D eigenvalue weighted by Gasteiger charge is -2.32. The number of amides is 1. The number of nitrogens with one attached hydrogen (secondary N) is 1. The van der Waals surface area contributed by atoms with Gasteiger partial charge in [-0.3, -0.25) is 9.69 Å². The number of carbonyl (C=O) groups excluding carboxylic acids is 1. The first-order valence-corrected chi connectivity index (χ1v) is 11.4. The molecule has 1 saturated heterocycles. The molecule has 3 aromatic rings. The van der Waals surface area contributed by atoms with Crippen molar-refractivity contribution in [3.05, 3.63) is 76.5 Å². The van der Waals surface area contributed by atoms with Crippen LogP contribution < -0.4 is 5.32 Å². The Hall–Kier alpha value is -2.61. The molecular formula is C24H27FN4OS. The van der Waals surface area contributed by atoms with Crippen molar-refractivity contribution in [2.45, 2.75) is 19.5 Å². The zero-order chi connectivity index (χ0) is 21.6. The second kappa shape index (κ2) is 10.1. The van der Waals surface area contributed by atoms with Gasteiger partial charge in [0.05, 0.1) is 12.1 Å². The predicted octanol–water partition coefficient (Wildman–Crippen LogP) is 3.56. The highest BCUT2D eigenvalue weighted by Gasteiger charge is 2.14. The van der Waals surface area contributed by atoms with Crippen molar-refractivity contribution in [2.24, 2.45) is 0 Å². The number of thiazole rings is 1. The topological polar surface area (TPSA) is 48.5 Å². The predicted molar refractivity (Wildman–Crippen MR) is 122 cm³/mol. The summed E-state index contributed by atoms with van der Waals surface area (Å²) >= 11 is 1.55. The lowest BCUT2D eigenvalue weighted by molar-refractivity contribution is -0.120. The van der Waals surface area contributed by atoms with Crippen molar-refractivity contribution >= 4 is 17.2 Å². The Morgan fingerprint density at radius 3 is 2.42 bits per heavy atom. The molecule has 1 fully saturated rings. The van der Waals surface area contributed by atoms with E-state index in [0.29, 0.717) is 6.54 Å². The second-order valence-electron chi connectivity index (χ2n) is 8.00. The first kappa shape index (κ1) is 21.6. The molecule has 162 valence electrons. The third-order valence-corrected chi connectivity index (χ3v) is 6.44. The second-order valence-corrected chi connectivity index (χ2v) is 8.86. The van der Waals surface area contributed by atoms with Gasteiger partial charge in [-0.2, -0.15) is 0 Å². The average Bonchev–Trinajstić information content (AvgIpc) is 3.24. The molecule has 0 saturated carbocycles. The Kier molecular flexibility index (Phi) is 7.06. The van der Waals surface area contributed by atoms with Gasteiger partial charge in [0.1, 0.15) is 10.8 Å². The fourth-order valence-corrected chi connectivity index (χ4v) is 4.39. The molecule has 5 nitrogen and oxygen atoms in total. The summed E-state index contributed by atoms with van der Waals surface area (Å²) in [6.45, 7) is 5.82. The molecule has 31 heavy (non-hydrogen) atoms. The van der Waals surface area contributed by atoms with E-state index in [9.17, 15) is 9.18 Å². The highest BCUT2D eigenvalue weighted by atomic mass is 32.1. The molecule has 0 unspecified atom stereocenters. The number of piperazine rings is 1. The molecule has 2 heterocycles. The Morgan fingerprint density at radius 2 is 1.71 bits per heavy atom. The summed E-state index contributed by atoms with van der Waals surface area (Å²) < 4.78 is 13.0. The summed E-state index contributed by atoms with van der Waals surface area (Å²) in [4.78, 5) is 21.7. The lowest BCUT2D eigenvalue weighted by Crippen LogP contribution is -2.43. The highest BCUT2D eigenvalue weighted by molar-refractivity contribution is 7.13. The fourth-order valence-electron chi connectivity index (χ4n) is 3.57. The van der Waals surface area contributed by atoms with Crippen molar-refractivity contribution < 1.29 is 9.18 Å². The molecule has 0 spiro atoms. The van der Waals surface area contributed by atoms with E-state index in [4.69, 9.17) is 0 Å². The molecule has 0 aliphatic carbocycles. The summed E-state index contributed by atoms with van der Waals surface area (Å²) in [5, 5.41) is 5.72. The van der Waals surface area contributed by atoms with E-state index < -0.39 is 0 Å². The lowest BCUT2D eigenvalue weighted by atomic mass is 10.1. The number of rotatable bonds is 7. The van der Waals surface area contributed by atoms with Crippen LogP contribution in [0, 0.1) is 5.82 Å². The van der Waals surface area contributed by atoms with Crippen LogP contribution in [0.5, 0.6) is 0 Å². The summed E-state index contributed by atoms with van der Waals surface area (Å²) in [5.41, 5.74) is 4.01. The van der Waals surface area contributed by atoms with Crippen LogP contribution in [0.4, 0.5) is 4.39 Å². The third-order valence-electron chi connectivity index (χ3n) is 5.50. The number of carbonyl (C=O) groups is 1. The normalized spacial score (nSPS) is 15.2. The number of halogens is 1. The maximum Gasteiger partial charge on any atom is 0.226 e. The standard InChI is InChI=1S/C24H27FN4OS/c1-28-10-12-29(13-11-28)16-19-2-6-20(7-3-19)24-27-22(17-31-24)14-23(30)26-15-18-4-8-21(25)9-5-18/h2-9,17H,10-16H2,1H3,(H,26,30). The van der Waals surface area contributed by atoms with Crippen molar-refractivity contribution in [1.82, 2.24) is 20.1 Å². The molecular weight excluding hydrogens is 411 g/mol. The first-order valence-electron chi connectivity index (χ1n) is 10.5.